The first-order chi connectivity index (χ1) is 8.14. The second-order valence-corrected chi connectivity index (χ2v) is 5.79. The van der Waals surface area contributed by atoms with E-state index in [1.165, 1.54) is 4.31 Å². The van der Waals surface area contributed by atoms with Crippen LogP contribution in [-0.4, -0.2) is 50.2 Å². The summed E-state index contributed by atoms with van der Waals surface area (Å²) in [5, 5.41) is 9.00. The number of hydrogen-bond donors (Lipinski definition) is 1. The lowest BCUT2D eigenvalue weighted by Crippen LogP contribution is -2.46. The first-order valence-corrected chi connectivity index (χ1v) is 6.86. The molecule has 1 aliphatic heterocycles. The smallest absolute Gasteiger partial charge is 0.243 e. The van der Waals surface area contributed by atoms with E-state index < -0.39 is 16.1 Å². The van der Waals surface area contributed by atoms with Gasteiger partial charge in [0.15, 0.2) is 0 Å². The van der Waals surface area contributed by atoms with E-state index in [0.717, 1.165) is 0 Å². The number of morpholine rings is 1. The minimum absolute atomic E-state index is 0.166. The molecule has 1 aromatic carbocycles. The fraction of sp³-hybridized carbons (Fsp3) is 0.455. The molecule has 2 rings (SSSR count). The molecule has 0 aromatic heterocycles. The van der Waals surface area contributed by atoms with Crippen molar-refractivity contribution in [2.45, 2.75) is 11.0 Å². The van der Waals surface area contributed by atoms with Gasteiger partial charge in [-0.25, -0.2) is 8.42 Å². The van der Waals surface area contributed by atoms with E-state index in [2.05, 4.69) is 0 Å². The molecular weight excluding hydrogens is 242 g/mol. The number of hydrogen-bond acceptors (Lipinski definition) is 4. The van der Waals surface area contributed by atoms with Gasteiger partial charge in [-0.2, -0.15) is 4.31 Å². The van der Waals surface area contributed by atoms with Crippen LogP contribution in [0.3, 0.4) is 0 Å². The van der Waals surface area contributed by atoms with Crippen LogP contribution in [0.2, 0.25) is 0 Å². The van der Waals surface area contributed by atoms with E-state index in [1.54, 1.807) is 30.3 Å². The quantitative estimate of drug-likeness (QED) is 0.832. The number of rotatable bonds is 3. The predicted octanol–water partition coefficient (Wildman–Crippen LogP) is 0.0684. The molecule has 1 aromatic rings. The molecule has 0 saturated carbocycles. The molecule has 1 N–H and O–H groups in total. The summed E-state index contributed by atoms with van der Waals surface area (Å²) >= 11 is 0. The van der Waals surface area contributed by atoms with Crippen molar-refractivity contribution in [3.05, 3.63) is 30.3 Å². The van der Waals surface area contributed by atoms with E-state index in [1.807, 2.05) is 0 Å². The van der Waals surface area contributed by atoms with Crippen LogP contribution in [0.1, 0.15) is 0 Å². The molecule has 0 bridgehead atoms. The molecule has 0 radical (unpaired) electrons. The van der Waals surface area contributed by atoms with Gasteiger partial charge >= 0.3 is 0 Å². The lowest BCUT2D eigenvalue weighted by Gasteiger charge is -2.31. The van der Waals surface area contributed by atoms with Gasteiger partial charge in [-0.15, -0.1) is 0 Å². The Balaban J connectivity index is 2.21. The van der Waals surface area contributed by atoms with E-state index in [4.69, 9.17) is 9.84 Å². The average Bonchev–Trinajstić information content (AvgIpc) is 2.40. The van der Waals surface area contributed by atoms with Gasteiger partial charge in [0.05, 0.1) is 24.2 Å². The van der Waals surface area contributed by atoms with Crippen LogP contribution in [0.5, 0.6) is 0 Å². The SMILES string of the molecule is O=S(=O)(c1ccccc1)N1CCOC(CO)C1. The molecule has 1 unspecified atom stereocenters. The Morgan fingerprint density at radius 3 is 2.71 bits per heavy atom. The molecule has 1 heterocycles. The minimum Gasteiger partial charge on any atom is -0.394 e. The minimum atomic E-state index is -3.46. The Bertz CT molecular complexity index is 460. The van der Waals surface area contributed by atoms with Crippen molar-refractivity contribution in [3.63, 3.8) is 0 Å². The monoisotopic (exact) mass is 257 g/mol. The Morgan fingerprint density at radius 1 is 1.35 bits per heavy atom. The third-order valence-corrected chi connectivity index (χ3v) is 4.57. The maximum atomic E-state index is 12.2. The summed E-state index contributed by atoms with van der Waals surface area (Å²) in [6.07, 6.45) is -0.428. The Labute approximate surface area is 101 Å². The van der Waals surface area contributed by atoms with Gasteiger partial charge in [0.1, 0.15) is 0 Å². The molecule has 1 aliphatic rings. The largest absolute Gasteiger partial charge is 0.394 e. The highest BCUT2D eigenvalue weighted by atomic mass is 32.2. The van der Waals surface area contributed by atoms with E-state index in [0.29, 0.717) is 13.2 Å². The van der Waals surface area contributed by atoms with Crippen LogP contribution in [0, 0.1) is 0 Å². The topological polar surface area (TPSA) is 66.8 Å². The van der Waals surface area contributed by atoms with Gasteiger partial charge in [-0.3, -0.25) is 0 Å². The van der Waals surface area contributed by atoms with Crippen molar-refractivity contribution in [2.75, 3.05) is 26.3 Å². The third-order valence-electron chi connectivity index (χ3n) is 2.69. The zero-order valence-electron chi connectivity index (χ0n) is 9.32. The normalized spacial score (nSPS) is 22.5. The molecule has 5 nitrogen and oxygen atoms in total. The average molecular weight is 257 g/mol. The molecule has 17 heavy (non-hydrogen) atoms. The lowest BCUT2D eigenvalue weighted by molar-refractivity contribution is -0.0304. The third kappa shape index (κ3) is 2.66. The Kier molecular flexibility index (Phi) is 3.78. The van der Waals surface area contributed by atoms with Crippen LogP contribution < -0.4 is 0 Å². The van der Waals surface area contributed by atoms with Crippen molar-refractivity contribution < 1.29 is 18.3 Å². The summed E-state index contributed by atoms with van der Waals surface area (Å²) in [6, 6.07) is 8.29. The molecule has 1 saturated heterocycles. The maximum Gasteiger partial charge on any atom is 0.243 e. The predicted molar refractivity (Wildman–Crippen MR) is 62.0 cm³/mol. The molecule has 1 atom stereocenters. The van der Waals surface area contributed by atoms with Crippen molar-refractivity contribution in [2.24, 2.45) is 0 Å². The van der Waals surface area contributed by atoms with Gasteiger partial charge in [-0.05, 0) is 12.1 Å². The number of nitrogens with zero attached hydrogens (tertiary/aromatic N) is 1. The molecule has 6 heteroatoms. The van der Waals surface area contributed by atoms with Gasteiger partial charge < -0.3 is 9.84 Å². The highest BCUT2D eigenvalue weighted by molar-refractivity contribution is 7.89. The second kappa shape index (κ2) is 5.14. The molecular formula is C11H15NO4S. The van der Waals surface area contributed by atoms with Crippen LogP contribution in [0.4, 0.5) is 0 Å². The summed E-state index contributed by atoms with van der Waals surface area (Å²) in [4.78, 5) is 0.276. The Hall–Kier alpha value is -0.950. The van der Waals surface area contributed by atoms with Crippen LogP contribution in [0.15, 0.2) is 35.2 Å². The molecule has 0 amide bonds. The van der Waals surface area contributed by atoms with E-state index in [9.17, 15) is 8.42 Å². The number of ether oxygens (including phenoxy) is 1. The highest BCUT2D eigenvalue weighted by Gasteiger charge is 2.30. The van der Waals surface area contributed by atoms with Gasteiger partial charge in [0.2, 0.25) is 10.0 Å². The zero-order chi connectivity index (χ0) is 12.3. The first-order valence-electron chi connectivity index (χ1n) is 5.42. The van der Waals surface area contributed by atoms with Crippen molar-refractivity contribution in [3.8, 4) is 0 Å². The second-order valence-electron chi connectivity index (χ2n) is 3.85. The summed E-state index contributed by atoms with van der Waals surface area (Å²) in [5.74, 6) is 0. The van der Waals surface area contributed by atoms with E-state index in [-0.39, 0.29) is 18.0 Å². The summed E-state index contributed by atoms with van der Waals surface area (Å²) in [5.41, 5.74) is 0. The number of benzene rings is 1. The van der Waals surface area contributed by atoms with Crippen molar-refractivity contribution in [1.82, 2.24) is 4.31 Å². The fourth-order valence-electron chi connectivity index (χ4n) is 1.76. The van der Waals surface area contributed by atoms with Gasteiger partial charge in [-0.1, -0.05) is 18.2 Å². The first kappa shape index (κ1) is 12.5. The van der Waals surface area contributed by atoms with Gasteiger partial charge in [0.25, 0.3) is 0 Å². The number of sulfonamides is 1. The Morgan fingerprint density at radius 2 is 2.06 bits per heavy atom. The fourth-order valence-corrected chi connectivity index (χ4v) is 3.24. The number of aliphatic hydroxyl groups excluding tert-OH is 1. The summed E-state index contributed by atoms with van der Waals surface area (Å²) in [6.45, 7) is 0.680. The van der Waals surface area contributed by atoms with Crippen LogP contribution >= 0.6 is 0 Å². The number of aliphatic hydroxyl groups is 1. The standard InChI is InChI=1S/C11H15NO4S/c13-9-10-8-12(6-7-16-10)17(14,15)11-4-2-1-3-5-11/h1-5,10,13H,6-9H2. The summed E-state index contributed by atoms with van der Waals surface area (Å²) in [7, 11) is -3.46. The lowest BCUT2D eigenvalue weighted by atomic mass is 10.3. The van der Waals surface area contributed by atoms with Crippen molar-refractivity contribution >= 4 is 10.0 Å². The van der Waals surface area contributed by atoms with Crippen LogP contribution in [0.25, 0.3) is 0 Å². The maximum absolute atomic E-state index is 12.2. The molecule has 0 spiro atoms. The summed E-state index contributed by atoms with van der Waals surface area (Å²) < 4.78 is 31.1. The van der Waals surface area contributed by atoms with Crippen molar-refractivity contribution in [1.29, 1.82) is 0 Å². The molecule has 94 valence electrons. The zero-order valence-corrected chi connectivity index (χ0v) is 10.1. The van der Waals surface area contributed by atoms with Crippen LogP contribution in [-0.2, 0) is 14.8 Å². The van der Waals surface area contributed by atoms with E-state index >= 15 is 0 Å². The molecule has 1 fully saturated rings. The molecule has 0 aliphatic carbocycles. The van der Waals surface area contributed by atoms with Gasteiger partial charge in [0, 0.05) is 13.1 Å². The highest BCUT2D eigenvalue weighted by Crippen LogP contribution is 2.18.